The van der Waals surface area contributed by atoms with Crippen molar-refractivity contribution in [3.05, 3.63) is 53.1 Å². The Morgan fingerprint density at radius 1 is 1.19 bits per heavy atom. The number of nitrogens with zero attached hydrogens (tertiary/aromatic N) is 2. The molecule has 1 heterocycles. The molecule has 0 aliphatic rings. The molecule has 6 heteroatoms. The number of anilines is 2. The highest BCUT2D eigenvalue weighted by Crippen LogP contribution is 2.32. The van der Waals surface area contributed by atoms with Crippen LogP contribution in [0.25, 0.3) is 0 Å². The molecule has 0 saturated carbocycles. The number of alkyl halides is 3. The molecule has 2 N–H and O–H groups in total. The number of hydrogen-bond acceptors (Lipinski definition) is 3. The average Bonchev–Trinajstić information content (AvgIpc) is 2.37. The van der Waals surface area contributed by atoms with Gasteiger partial charge < -0.3 is 10.6 Å². The van der Waals surface area contributed by atoms with Gasteiger partial charge in [0.1, 0.15) is 11.6 Å². The van der Waals surface area contributed by atoms with Crippen molar-refractivity contribution in [3.63, 3.8) is 0 Å². The first kappa shape index (κ1) is 15.2. The van der Waals surface area contributed by atoms with Gasteiger partial charge in [0, 0.05) is 13.6 Å². The van der Waals surface area contributed by atoms with Crippen LogP contribution in [0, 0.1) is 6.92 Å². The lowest BCUT2D eigenvalue weighted by atomic mass is 10.1. The first-order valence-electron chi connectivity index (χ1n) is 6.37. The molecule has 2 aromatic rings. The van der Waals surface area contributed by atoms with Crippen molar-refractivity contribution >= 4 is 11.6 Å². The second-order valence-electron chi connectivity index (χ2n) is 4.98. The van der Waals surface area contributed by atoms with Gasteiger partial charge in [-0.05, 0) is 24.6 Å². The smallest absolute Gasteiger partial charge is 0.384 e. The predicted octanol–water partition coefficient (Wildman–Crippen LogP) is 3.63. The van der Waals surface area contributed by atoms with Crippen molar-refractivity contribution in [2.45, 2.75) is 19.6 Å². The Hall–Kier alpha value is -2.24. The van der Waals surface area contributed by atoms with Crippen molar-refractivity contribution in [3.8, 4) is 0 Å². The van der Waals surface area contributed by atoms with Gasteiger partial charge in [0.25, 0.3) is 0 Å². The monoisotopic (exact) mass is 295 g/mol. The molecule has 1 aromatic carbocycles. The van der Waals surface area contributed by atoms with E-state index >= 15 is 0 Å². The normalized spacial score (nSPS) is 11.5. The van der Waals surface area contributed by atoms with Crippen LogP contribution in [0.5, 0.6) is 0 Å². The van der Waals surface area contributed by atoms with E-state index in [2.05, 4.69) is 4.98 Å². The van der Waals surface area contributed by atoms with Gasteiger partial charge in [-0.25, -0.2) is 4.98 Å². The summed E-state index contributed by atoms with van der Waals surface area (Å²) in [5.41, 5.74) is 6.77. The van der Waals surface area contributed by atoms with E-state index in [0.29, 0.717) is 6.54 Å². The van der Waals surface area contributed by atoms with Crippen LogP contribution in [-0.2, 0) is 12.7 Å². The SMILES string of the molecule is Cc1cccc(CN(C)c2cc(C(F)(F)F)cc(N)n2)c1. The Morgan fingerprint density at radius 3 is 2.52 bits per heavy atom. The van der Waals surface area contributed by atoms with Crippen molar-refractivity contribution < 1.29 is 13.2 Å². The van der Waals surface area contributed by atoms with E-state index in [1.165, 1.54) is 0 Å². The summed E-state index contributed by atoms with van der Waals surface area (Å²) in [5, 5.41) is 0. The Morgan fingerprint density at radius 2 is 1.90 bits per heavy atom. The summed E-state index contributed by atoms with van der Waals surface area (Å²) in [4.78, 5) is 5.61. The van der Waals surface area contributed by atoms with Crippen LogP contribution < -0.4 is 10.6 Å². The summed E-state index contributed by atoms with van der Waals surface area (Å²) in [7, 11) is 1.68. The first-order chi connectivity index (χ1) is 9.75. The summed E-state index contributed by atoms with van der Waals surface area (Å²) in [5.74, 6) is 0.0553. The van der Waals surface area contributed by atoms with E-state index in [-0.39, 0.29) is 11.6 Å². The second kappa shape index (κ2) is 5.63. The number of hydrogen-bond donors (Lipinski definition) is 1. The zero-order chi connectivity index (χ0) is 15.6. The zero-order valence-corrected chi connectivity index (χ0v) is 11.8. The standard InChI is InChI=1S/C15H16F3N3/c1-10-4-3-5-11(6-10)9-21(2)14-8-12(15(16,17)18)7-13(19)20-14/h3-8H,9H2,1-2H3,(H2,19,20). The van der Waals surface area contributed by atoms with E-state index in [4.69, 9.17) is 5.73 Å². The molecule has 3 nitrogen and oxygen atoms in total. The summed E-state index contributed by atoms with van der Waals surface area (Å²) in [6, 6.07) is 9.61. The number of nitrogen functional groups attached to an aromatic ring is 1. The largest absolute Gasteiger partial charge is 0.416 e. The fourth-order valence-corrected chi connectivity index (χ4v) is 2.06. The van der Waals surface area contributed by atoms with Crippen LogP contribution in [0.3, 0.4) is 0 Å². The lowest BCUT2D eigenvalue weighted by Gasteiger charge is -2.20. The molecule has 0 radical (unpaired) electrons. The third-order valence-electron chi connectivity index (χ3n) is 3.05. The minimum Gasteiger partial charge on any atom is -0.384 e. The van der Waals surface area contributed by atoms with Gasteiger partial charge in [-0.2, -0.15) is 13.2 Å². The van der Waals surface area contributed by atoms with Crippen LogP contribution in [-0.4, -0.2) is 12.0 Å². The lowest BCUT2D eigenvalue weighted by Crippen LogP contribution is -2.19. The molecule has 0 amide bonds. The number of benzene rings is 1. The molecule has 21 heavy (non-hydrogen) atoms. The minimum absolute atomic E-state index is 0.143. The number of halogens is 3. The van der Waals surface area contributed by atoms with E-state index < -0.39 is 11.7 Å². The summed E-state index contributed by atoms with van der Waals surface area (Å²) in [6.07, 6.45) is -4.43. The fourth-order valence-electron chi connectivity index (χ4n) is 2.06. The molecule has 0 spiro atoms. The highest BCUT2D eigenvalue weighted by Gasteiger charge is 2.31. The number of nitrogens with two attached hydrogens (primary N) is 1. The van der Waals surface area contributed by atoms with E-state index in [0.717, 1.165) is 23.3 Å². The maximum Gasteiger partial charge on any atom is 0.416 e. The van der Waals surface area contributed by atoms with Crippen molar-refractivity contribution in [1.82, 2.24) is 4.98 Å². The van der Waals surface area contributed by atoms with Crippen LogP contribution >= 0.6 is 0 Å². The van der Waals surface area contributed by atoms with Gasteiger partial charge in [0.15, 0.2) is 0 Å². The quantitative estimate of drug-likeness (QED) is 0.940. The van der Waals surface area contributed by atoms with Gasteiger partial charge in [0.05, 0.1) is 5.56 Å². The maximum absolute atomic E-state index is 12.8. The molecule has 0 saturated heterocycles. The van der Waals surface area contributed by atoms with Crippen LogP contribution in [0.4, 0.5) is 24.8 Å². The zero-order valence-electron chi connectivity index (χ0n) is 11.8. The molecule has 0 aliphatic heterocycles. The fraction of sp³-hybridized carbons (Fsp3) is 0.267. The van der Waals surface area contributed by atoms with E-state index in [9.17, 15) is 13.2 Å². The van der Waals surface area contributed by atoms with Gasteiger partial charge in [-0.3, -0.25) is 0 Å². The van der Waals surface area contributed by atoms with Gasteiger partial charge in [0.2, 0.25) is 0 Å². The van der Waals surface area contributed by atoms with Gasteiger partial charge in [-0.1, -0.05) is 29.8 Å². The molecule has 1 aromatic heterocycles. The van der Waals surface area contributed by atoms with E-state index in [1.807, 2.05) is 31.2 Å². The summed E-state index contributed by atoms with van der Waals surface area (Å²) in [6.45, 7) is 2.42. The Kier molecular flexibility index (Phi) is 4.06. The Labute approximate surface area is 121 Å². The molecule has 0 fully saturated rings. The number of pyridine rings is 1. The van der Waals surface area contributed by atoms with Crippen molar-refractivity contribution in [2.75, 3.05) is 17.7 Å². The topological polar surface area (TPSA) is 42.1 Å². The second-order valence-corrected chi connectivity index (χ2v) is 4.98. The minimum atomic E-state index is -4.43. The van der Waals surface area contributed by atoms with Crippen LogP contribution in [0.15, 0.2) is 36.4 Å². The lowest BCUT2D eigenvalue weighted by molar-refractivity contribution is -0.137. The Balaban J connectivity index is 2.27. The third kappa shape index (κ3) is 3.87. The average molecular weight is 295 g/mol. The molecule has 0 bridgehead atoms. The Bertz CT molecular complexity index is 638. The van der Waals surface area contributed by atoms with Crippen LogP contribution in [0.2, 0.25) is 0 Å². The molecule has 112 valence electrons. The van der Waals surface area contributed by atoms with Gasteiger partial charge in [-0.15, -0.1) is 0 Å². The predicted molar refractivity (Wildman–Crippen MR) is 76.9 cm³/mol. The molecule has 0 atom stereocenters. The molecule has 0 aliphatic carbocycles. The third-order valence-corrected chi connectivity index (χ3v) is 3.05. The van der Waals surface area contributed by atoms with Crippen molar-refractivity contribution in [1.29, 1.82) is 0 Å². The molecule has 2 rings (SSSR count). The number of aromatic nitrogens is 1. The summed E-state index contributed by atoms with van der Waals surface area (Å²) < 4.78 is 38.4. The molecular weight excluding hydrogens is 279 g/mol. The highest BCUT2D eigenvalue weighted by atomic mass is 19.4. The molecule has 0 unspecified atom stereocenters. The first-order valence-corrected chi connectivity index (χ1v) is 6.37. The van der Waals surface area contributed by atoms with E-state index in [1.54, 1.807) is 11.9 Å². The summed E-state index contributed by atoms with van der Waals surface area (Å²) >= 11 is 0. The van der Waals surface area contributed by atoms with Crippen molar-refractivity contribution in [2.24, 2.45) is 0 Å². The molecular formula is C15H16F3N3. The highest BCUT2D eigenvalue weighted by molar-refractivity contribution is 5.49. The van der Waals surface area contributed by atoms with Gasteiger partial charge >= 0.3 is 6.18 Å². The number of rotatable bonds is 3. The maximum atomic E-state index is 12.8. The number of aryl methyl sites for hydroxylation is 1. The van der Waals surface area contributed by atoms with Crippen LogP contribution in [0.1, 0.15) is 16.7 Å².